The van der Waals surface area contributed by atoms with Crippen molar-refractivity contribution < 1.29 is 27.9 Å². The second kappa shape index (κ2) is 12.9. The van der Waals surface area contributed by atoms with Gasteiger partial charge in [-0.25, -0.2) is 4.79 Å². The van der Waals surface area contributed by atoms with E-state index in [2.05, 4.69) is 32.9 Å². The second-order valence-corrected chi connectivity index (χ2v) is 12.2. The third-order valence-corrected chi connectivity index (χ3v) is 9.38. The molecule has 37 heavy (non-hydrogen) atoms. The Morgan fingerprint density at radius 1 is 1.00 bits per heavy atom. The number of esters is 1. The SMILES string of the molecule is CCOP(=O)(OCC)/C(=C/c1ccc(OC)cc1)C(=O)O[C@@H]1C[C@H](C)CC[C@H]1C(C)(C)c1ccccc1. The van der Waals surface area contributed by atoms with Crippen LogP contribution in [0, 0.1) is 11.8 Å². The summed E-state index contributed by atoms with van der Waals surface area (Å²) in [6.07, 6.45) is 3.98. The van der Waals surface area contributed by atoms with Crippen LogP contribution in [-0.2, 0) is 28.6 Å². The molecule has 3 rings (SSSR count). The van der Waals surface area contributed by atoms with Crippen LogP contribution in [0.15, 0.2) is 59.9 Å². The van der Waals surface area contributed by atoms with Gasteiger partial charge in [0.15, 0.2) is 0 Å². The van der Waals surface area contributed by atoms with Gasteiger partial charge in [-0.05, 0) is 67.4 Å². The number of rotatable bonds is 11. The molecule has 0 saturated heterocycles. The average Bonchev–Trinajstić information content (AvgIpc) is 2.88. The van der Waals surface area contributed by atoms with Crippen LogP contribution in [0.5, 0.6) is 5.75 Å². The molecular weight excluding hydrogens is 487 g/mol. The highest BCUT2D eigenvalue weighted by molar-refractivity contribution is 7.60. The molecule has 1 saturated carbocycles. The van der Waals surface area contributed by atoms with Crippen molar-refractivity contribution in [3.8, 4) is 5.75 Å². The predicted octanol–water partition coefficient (Wildman–Crippen LogP) is 7.63. The predicted molar refractivity (Wildman–Crippen MR) is 148 cm³/mol. The summed E-state index contributed by atoms with van der Waals surface area (Å²) in [6.45, 7) is 10.3. The van der Waals surface area contributed by atoms with Crippen molar-refractivity contribution in [2.24, 2.45) is 11.8 Å². The van der Waals surface area contributed by atoms with E-state index in [0.717, 1.165) is 19.3 Å². The van der Waals surface area contributed by atoms with Gasteiger partial charge in [0.05, 0.1) is 20.3 Å². The Morgan fingerprint density at radius 2 is 1.62 bits per heavy atom. The molecule has 0 amide bonds. The largest absolute Gasteiger partial charge is 0.497 e. The van der Waals surface area contributed by atoms with Gasteiger partial charge in [-0.1, -0.05) is 69.7 Å². The number of carbonyl (C=O) groups is 1. The molecule has 3 atom stereocenters. The monoisotopic (exact) mass is 528 g/mol. The van der Waals surface area contributed by atoms with E-state index in [-0.39, 0.29) is 36.0 Å². The van der Waals surface area contributed by atoms with E-state index in [1.54, 1.807) is 51.3 Å². The molecule has 0 heterocycles. The average molecular weight is 529 g/mol. The topological polar surface area (TPSA) is 71.1 Å². The normalized spacial score (nSPS) is 20.9. The summed E-state index contributed by atoms with van der Waals surface area (Å²) < 4.78 is 36.5. The first-order chi connectivity index (χ1) is 17.6. The van der Waals surface area contributed by atoms with E-state index in [4.69, 9.17) is 18.5 Å². The third kappa shape index (κ3) is 7.13. The molecule has 2 aromatic carbocycles. The minimum atomic E-state index is -3.92. The number of hydrogen-bond acceptors (Lipinski definition) is 6. The van der Waals surface area contributed by atoms with Gasteiger partial charge in [0, 0.05) is 5.92 Å². The van der Waals surface area contributed by atoms with Crippen LogP contribution in [0.25, 0.3) is 6.08 Å². The Kier molecular flexibility index (Phi) is 10.2. The van der Waals surface area contributed by atoms with Gasteiger partial charge in [-0.2, -0.15) is 0 Å². The van der Waals surface area contributed by atoms with Crippen LogP contribution in [0.4, 0.5) is 0 Å². The lowest BCUT2D eigenvalue weighted by Crippen LogP contribution is -2.43. The number of methoxy groups -OCH3 is 1. The van der Waals surface area contributed by atoms with Gasteiger partial charge >= 0.3 is 13.6 Å². The van der Waals surface area contributed by atoms with Crippen molar-refractivity contribution in [2.75, 3.05) is 20.3 Å². The molecule has 1 aliphatic rings. The number of carbonyl (C=O) groups excluding carboxylic acids is 1. The number of benzene rings is 2. The first kappa shape index (κ1) is 29.2. The quantitative estimate of drug-likeness (QED) is 0.170. The zero-order valence-electron chi connectivity index (χ0n) is 22.9. The molecule has 0 unspecified atom stereocenters. The van der Waals surface area contributed by atoms with Crippen LogP contribution in [0.2, 0.25) is 0 Å². The van der Waals surface area contributed by atoms with Gasteiger partial charge in [-0.15, -0.1) is 0 Å². The van der Waals surface area contributed by atoms with Crippen molar-refractivity contribution in [1.29, 1.82) is 0 Å². The summed E-state index contributed by atoms with van der Waals surface area (Å²) in [5.74, 6) is 0.548. The van der Waals surface area contributed by atoms with Crippen molar-refractivity contribution in [3.63, 3.8) is 0 Å². The lowest BCUT2D eigenvalue weighted by molar-refractivity contribution is -0.151. The number of ether oxygens (including phenoxy) is 2. The highest BCUT2D eigenvalue weighted by Crippen LogP contribution is 2.57. The lowest BCUT2D eigenvalue weighted by Gasteiger charge is -2.44. The van der Waals surface area contributed by atoms with Crippen molar-refractivity contribution in [1.82, 2.24) is 0 Å². The zero-order valence-corrected chi connectivity index (χ0v) is 23.8. The van der Waals surface area contributed by atoms with E-state index in [9.17, 15) is 9.36 Å². The Morgan fingerprint density at radius 3 is 2.19 bits per heavy atom. The molecule has 0 N–H and O–H groups in total. The highest BCUT2D eigenvalue weighted by Gasteiger charge is 2.44. The van der Waals surface area contributed by atoms with Gasteiger partial charge in [-0.3, -0.25) is 4.57 Å². The van der Waals surface area contributed by atoms with Crippen molar-refractivity contribution in [3.05, 3.63) is 71.0 Å². The molecule has 202 valence electrons. The zero-order chi connectivity index (χ0) is 27.1. The maximum atomic E-state index is 13.8. The van der Waals surface area contributed by atoms with Crippen LogP contribution >= 0.6 is 7.60 Å². The maximum absolute atomic E-state index is 13.8. The van der Waals surface area contributed by atoms with Crippen LogP contribution < -0.4 is 4.74 Å². The smallest absolute Gasteiger partial charge is 0.368 e. The van der Waals surface area contributed by atoms with E-state index in [1.807, 2.05) is 18.2 Å². The van der Waals surface area contributed by atoms with Crippen LogP contribution in [0.3, 0.4) is 0 Å². The Hall–Kier alpha value is -2.40. The van der Waals surface area contributed by atoms with E-state index < -0.39 is 13.6 Å². The second-order valence-electron chi connectivity index (χ2n) is 10.2. The fourth-order valence-electron chi connectivity index (χ4n) is 5.19. The molecule has 7 heteroatoms. The molecule has 1 aliphatic carbocycles. The molecule has 0 aliphatic heterocycles. The molecule has 2 aromatic rings. The molecule has 0 radical (unpaired) electrons. The van der Waals surface area contributed by atoms with E-state index in [0.29, 0.717) is 17.2 Å². The first-order valence-corrected chi connectivity index (χ1v) is 14.7. The van der Waals surface area contributed by atoms with Gasteiger partial charge in [0.2, 0.25) is 0 Å². The standard InChI is InChI=1S/C30H41O6P/c1-7-34-37(32,35-8-2)28(21-23-15-17-25(33-6)18-16-23)29(31)36-27-20-22(3)14-19-26(27)30(4,5)24-12-10-9-11-13-24/h9-13,15-18,21-22,26-27H,7-8,14,19-20H2,1-6H3/b28-21+/t22-,26-,27-/m1/s1. The maximum Gasteiger partial charge on any atom is 0.368 e. The Bertz CT molecular complexity index is 1080. The van der Waals surface area contributed by atoms with Crippen molar-refractivity contribution >= 4 is 19.6 Å². The summed E-state index contributed by atoms with van der Waals surface area (Å²) in [7, 11) is -2.33. The van der Waals surface area contributed by atoms with Gasteiger partial charge in [0.25, 0.3) is 0 Å². The van der Waals surface area contributed by atoms with E-state index in [1.165, 1.54) is 5.56 Å². The van der Waals surface area contributed by atoms with E-state index >= 15 is 0 Å². The summed E-state index contributed by atoms with van der Waals surface area (Å²) >= 11 is 0. The summed E-state index contributed by atoms with van der Waals surface area (Å²) in [4.78, 5) is 13.8. The summed E-state index contributed by atoms with van der Waals surface area (Å²) in [6, 6.07) is 17.5. The van der Waals surface area contributed by atoms with Gasteiger partial charge < -0.3 is 18.5 Å². The summed E-state index contributed by atoms with van der Waals surface area (Å²) in [5, 5.41) is -0.0872. The molecule has 0 bridgehead atoms. The summed E-state index contributed by atoms with van der Waals surface area (Å²) in [5.41, 5.74) is 1.67. The minimum absolute atomic E-state index is 0.0872. The Labute approximate surface area is 221 Å². The Balaban J connectivity index is 1.98. The lowest BCUT2D eigenvalue weighted by atomic mass is 9.64. The highest BCUT2D eigenvalue weighted by atomic mass is 31.2. The van der Waals surface area contributed by atoms with Crippen LogP contribution in [0.1, 0.15) is 65.0 Å². The van der Waals surface area contributed by atoms with Crippen molar-refractivity contribution in [2.45, 2.75) is 65.4 Å². The molecule has 0 spiro atoms. The fourth-order valence-corrected chi connectivity index (χ4v) is 6.80. The van der Waals surface area contributed by atoms with Crippen LogP contribution in [-0.4, -0.2) is 32.4 Å². The van der Waals surface area contributed by atoms with Gasteiger partial charge in [0.1, 0.15) is 17.2 Å². The third-order valence-electron chi connectivity index (χ3n) is 7.28. The molecule has 6 nitrogen and oxygen atoms in total. The molecule has 1 fully saturated rings. The number of hydrogen-bond donors (Lipinski definition) is 0. The molecule has 0 aromatic heterocycles. The first-order valence-electron chi connectivity index (χ1n) is 13.2. The molecular formula is C30H41O6P. The fraction of sp³-hybridized carbons (Fsp3) is 0.500. The minimum Gasteiger partial charge on any atom is -0.497 e.